The van der Waals surface area contributed by atoms with Gasteiger partial charge in [-0.3, -0.25) is 4.79 Å². The standard InChI is InChI=1S/C15H22N2O3/c1-4-5-6-10-14(18)17-16-11-12-8-7-9-13(19-2)15(12)20-3/h7-9,11H,4-6,10H2,1-3H3,(H,17,18)/b16-11+. The van der Waals surface area contributed by atoms with Gasteiger partial charge in [0, 0.05) is 12.0 Å². The van der Waals surface area contributed by atoms with E-state index in [2.05, 4.69) is 17.5 Å². The van der Waals surface area contributed by atoms with Crippen molar-refractivity contribution in [1.29, 1.82) is 0 Å². The Kier molecular flexibility index (Phi) is 7.17. The molecule has 0 radical (unpaired) electrons. The number of para-hydroxylation sites is 1. The van der Waals surface area contributed by atoms with Gasteiger partial charge >= 0.3 is 0 Å². The maximum Gasteiger partial charge on any atom is 0.240 e. The van der Waals surface area contributed by atoms with Gasteiger partial charge in [-0.1, -0.05) is 25.8 Å². The summed E-state index contributed by atoms with van der Waals surface area (Å²) in [5.41, 5.74) is 3.26. The minimum Gasteiger partial charge on any atom is -0.493 e. The number of nitrogens with one attached hydrogen (secondary N) is 1. The van der Waals surface area contributed by atoms with Crippen LogP contribution in [0.1, 0.15) is 38.2 Å². The average molecular weight is 278 g/mol. The van der Waals surface area contributed by atoms with Gasteiger partial charge in [-0.2, -0.15) is 5.10 Å². The van der Waals surface area contributed by atoms with E-state index in [4.69, 9.17) is 9.47 Å². The highest BCUT2D eigenvalue weighted by Gasteiger charge is 2.07. The summed E-state index contributed by atoms with van der Waals surface area (Å²) in [6.45, 7) is 2.10. The van der Waals surface area contributed by atoms with E-state index >= 15 is 0 Å². The van der Waals surface area contributed by atoms with Crippen LogP contribution >= 0.6 is 0 Å². The van der Waals surface area contributed by atoms with Crippen molar-refractivity contribution in [1.82, 2.24) is 5.43 Å². The van der Waals surface area contributed by atoms with Crippen LogP contribution in [0.5, 0.6) is 11.5 Å². The molecule has 0 aliphatic heterocycles. The number of hydrogen-bond acceptors (Lipinski definition) is 4. The lowest BCUT2D eigenvalue weighted by atomic mass is 10.2. The van der Waals surface area contributed by atoms with E-state index in [1.165, 1.54) is 0 Å². The molecule has 5 heteroatoms. The Morgan fingerprint density at radius 1 is 1.30 bits per heavy atom. The molecule has 0 aromatic heterocycles. The van der Waals surface area contributed by atoms with Gasteiger partial charge in [0.15, 0.2) is 11.5 Å². The Hall–Kier alpha value is -2.04. The summed E-state index contributed by atoms with van der Waals surface area (Å²) in [7, 11) is 3.15. The predicted octanol–water partition coefficient (Wildman–Crippen LogP) is 2.73. The monoisotopic (exact) mass is 278 g/mol. The number of hydrogen-bond donors (Lipinski definition) is 1. The van der Waals surface area contributed by atoms with Crippen LogP contribution in [0.2, 0.25) is 0 Å². The van der Waals surface area contributed by atoms with Gasteiger partial charge in [0.25, 0.3) is 0 Å². The quantitative estimate of drug-likeness (QED) is 0.452. The predicted molar refractivity (Wildman–Crippen MR) is 79.4 cm³/mol. The molecule has 0 spiro atoms. The number of ether oxygens (including phenoxy) is 2. The van der Waals surface area contributed by atoms with Crippen LogP contribution in [0.4, 0.5) is 0 Å². The van der Waals surface area contributed by atoms with Crippen molar-refractivity contribution in [3.05, 3.63) is 23.8 Å². The Bertz CT molecular complexity index is 458. The molecule has 0 saturated carbocycles. The molecule has 1 aromatic carbocycles. The number of carbonyl (C=O) groups excluding carboxylic acids is 1. The van der Waals surface area contributed by atoms with Gasteiger partial charge in [0.2, 0.25) is 5.91 Å². The summed E-state index contributed by atoms with van der Waals surface area (Å²) >= 11 is 0. The van der Waals surface area contributed by atoms with E-state index in [-0.39, 0.29) is 5.91 Å². The fourth-order valence-electron chi connectivity index (χ4n) is 1.78. The maximum absolute atomic E-state index is 11.5. The van der Waals surface area contributed by atoms with Crippen molar-refractivity contribution in [3.63, 3.8) is 0 Å². The molecule has 0 heterocycles. The van der Waals surface area contributed by atoms with Crippen molar-refractivity contribution in [3.8, 4) is 11.5 Å². The van der Waals surface area contributed by atoms with Crippen molar-refractivity contribution >= 4 is 12.1 Å². The first-order valence-electron chi connectivity index (χ1n) is 6.75. The highest BCUT2D eigenvalue weighted by molar-refractivity contribution is 5.86. The summed E-state index contributed by atoms with van der Waals surface area (Å²) in [5, 5.41) is 3.94. The van der Waals surface area contributed by atoms with E-state index in [1.54, 1.807) is 26.5 Å². The lowest BCUT2D eigenvalue weighted by molar-refractivity contribution is -0.121. The van der Waals surface area contributed by atoms with E-state index in [9.17, 15) is 4.79 Å². The van der Waals surface area contributed by atoms with Crippen LogP contribution in [0.3, 0.4) is 0 Å². The van der Waals surface area contributed by atoms with Gasteiger partial charge < -0.3 is 9.47 Å². The Labute approximate surface area is 120 Å². The number of nitrogens with zero attached hydrogens (tertiary/aromatic N) is 1. The molecule has 0 saturated heterocycles. The SMILES string of the molecule is CCCCCC(=O)N/N=C/c1cccc(OC)c1OC. The minimum atomic E-state index is -0.0726. The molecule has 5 nitrogen and oxygen atoms in total. The van der Waals surface area contributed by atoms with Gasteiger partial charge in [0.1, 0.15) is 0 Å². The summed E-state index contributed by atoms with van der Waals surface area (Å²) in [6.07, 6.45) is 5.10. The zero-order chi connectivity index (χ0) is 14.8. The number of amides is 1. The largest absolute Gasteiger partial charge is 0.493 e. The molecule has 1 aromatic rings. The highest BCUT2D eigenvalue weighted by atomic mass is 16.5. The van der Waals surface area contributed by atoms with E-state index in [1.807, 2.05) is 12.1 Å². The van der Waals surface area contributed by atoms with Crippen LogP contribution in [0.25, 0.3) is 0 Å². The van der Waals surface area contributed by atoms with E-state index in [0.29, 0.717) is 17.9 Å². The Morgan fingerprint density at radius 3 is 2.75 bits per heavy atom. The fraction of sp³-hybridized carbons (Fsp3) is 0.467. The molecule has 0 aliphatic rings. The van der Waals surface area contributed by atoms with E-state index < -0.39 is 0 Å². The maximum atomic E-state index is 11.5. The summed E-state index contributed by atoms with van der Waals surface area (Å²) in [6, 6.07) is 5.49. The van der Waals surface area contributed by atoms with Crippen molar-refractivity contribution in [2.75, 3.05) is 14.2 Å². The smallest absolute Gasteiger partial charge is 0.240 e. The lowest BCUT2D eigenvalue weighted by Crippen LogP contribution is -2.16. The second kappa shape index (κ2) is 8.96. The number of hydrazone groups is 1. The number of unbranched alkanes of at least 4 members (excludes halogenated alkanes) is 2. The normalized spacial score (nSPS) is 10.6. The van der Waals surface area contributed by atoms with Crippen molar-refractivity contribution in [2.24, 2.45) is 5.10 Å². The molecular formula is C15H22N2O3. The zero-order valence-electron chi connectivity index (χ0n) is 12.3. The molecule has 0 bridgehead atoms. The van der Waals surface area contributed by atoms with E-state index in [0.717, 1.165) is 24.8 Å². The van der Waals surface area contributed by atoms with Gasteiger partial charge in [-0.15, -0.1) is 0 Å². The van der Waals surface area contributed by atoms with Crippen LogP contribution in [-0.4, -0.2) is 26.3 Å². The number of benzene rings is 1. The Morgan fingerprint density at radius 2 is 2.10 bits per heavy atom. The molecule has 0 fully saturated rings. The van der Waals surface area contributed by atoms with Gasteiger partial charge in [0.05, 0.1) is 20.4 Å². The molecule has 0 unspecified atom stereocenters. The number of carbonyl (C=O) groups is 1. The molecule has 110 valence electrons. The molecule has 0 atom stereocenters. The number of methoxy groups -OCH3 is 2. The van der Waals surface area contributed by atoms with Gasteiger partial charge in [-0.25, -0.2) is 5.43 Å². The highest BCUT2D eigenvalue weighted by Crippen LogP contribution is 2.29. The summed E-state index contributed by atoms with van der Waals surface area (Å²) in [4.78, 5) is 11.5. The third-order valence-corrected chi connectivity index (χ3v) is 2.83. The summed E-state index contributed by atoms with van der Waals surface area (Å²) in [5.74, 6) is 1.15. The third kappa shape index (κ3) is 4.91. The lowest BCUT2D eigenvalue weighted by Gasteiger charge is -2.09. The van der Waals surface area contributed by atoms with Crippen molar-refractivity contribution in [2.45, 2.75) is 32.6 Å². The molecular weight excluding hydrogens is 256 g/mol. The van der Waals surface area contributed by atoms with Crippen LogP contribution < -0.4 is 14.9 Å². The zero-order valence-corrected chi connectivity index (χ0v) is 12.3. The topological polar surface area (TPSA) is 59.9 Å². The average Bonchev–Trinajstić information content (AvgIpc) is 2.47. The first-order chi connectivity index (χ1) is 9.72. The van der Waals surface area contributed by atoms with Gasteiger partial charge in [-0.05, 0) is 18.6 Å². The Balaban J connectivity index is 2.60. The molecule has 1 amide bonds. The second-order valence-corrected chi connectivity index (χ2v) is 4.33. The first-order valence-corrected chi connectivity index (χ1v) is 6.75. The molecule has 0 aliphatic carbocycles. The molecule has 1 N–H and O–H groups in total. The van der Waals surface area contributed by atoms with Crippen LogP contribution in [0.15, 0.2) is 23.3 Å². The molecule has 1 rings (SSSR count). The van der Waals surface area contributed by atoms with Crippen molar-refractivity contribution < 1.29 is 14.3 Å². The summed E-state index contributed by atoms with van der Waals surface area (Å²) < 4.78 is 10.5. The molecule has 20 heavy (non-hydrogen) atoms. The minimum absolute atomic E-state index is 0.0726. The second-order valence-electron chi connectivity index (χ2n) is 4.33. The van der Waals surface area contributed by atoms with Crippen LogP contribution in [-0.2, 0) is 4.79 Å². The first kappa shape index (κ1) is 16.0. The van der Waals surface area contributed by atoms with Crippen LogP contribution in [0, 0.1) is 0 Å². The third-order valence-electron chi connectivity index (χ3n) is 2.83. The number of rotatable bonds is 8. The fourth-order valence-corrected chi connectivity index (χ4v) is 1.78.